The highest BCUT2D eigenvalue weighted by Gasteiger charge is 2.26. The number of hydrogen-bond donors (Lipinski definition) is 3. The maximum absolute atomic E-state index is 12.9. The minimum absolute atomic E-state index is 0.110. The predicted octanol–water partition coefficient (Wildman–Crippen LogP) is 0.917. The molecule has 0 aromatic heterocycles. The summed E-state index contributed by atoms with van der Waals surface area (Å²) < 4.78 is 35.4. The van der Waals surface area contributed by atoms with Crippen molar-refractivity contribution < 1.29 is 27.8 Å². The van der Waals surface area contributed by atoms with Gasteiger partial charge in [0.15, 0.2) is 5.75 Å². The number of nitrogens with two attached hydrogens (primary N) is 1. The summed E-state index contributed by atoms with van der Waals surface area (Å²) >= 11 is 0. The molecule has 1 saturated heterocycles. The first-order valence-corrected chi connectivity index (χ1v) is 9.19. The summed E-state index contributed by atoms with van der Waals surface area (Å²) in [6.45, 7) is -1.85. The fourth-order valence-electron chi connectivity index (χ4n) is 2.92. The Balaban J connectivity index is 1.73. The van der Waals surface area contributed by atoms with Gasteiger partial charge in [-0.2, -0.15) is 8.78 Å². The Morgan fingerprint density at radius 2 is 2.18 bits per heavy atom. The van der Waals surface area contributed by atoms with Gasteiger partial charge in [0.25, 0.3) is 5.91 Å². The van der Waals surface area contributed by atoms with Crippen molar-refractivity contribution in [3.05, 3.63) is 18.2 Å². The zero-order valence-electron chi connectivity index (χ0n) is 15.3. The average molecular weight is 398 g/mol. The zero-order valence-corrected chi connectivity index (χ0v) is 15.3. The van der Waals surface area contributed by atoms with Gasteiger partial charge in [-0.25, -0.2) is 0 Å². The molecule has 1 aromatic rings. The van der Waals surface area contributed by atoms with Crippen LogP contribution in [-0.2, 0) is 14.3 Å². The Hall–Kier alpha value is -2.30. The minimum Gasteiger partial charge on any atom is -0.433 e. The minimum atomic E-state index is -3.07. The van der Waals surface area contributed by atoms with Gasteiger partial charge in [-0.15, -0.1) is 0 Å². The van der Waals surface area contributed by atoms with E-state index in [1.807, 2.05) is 0 Å². The first-order valence-electron chi connectivity index (χ1n) is 9.19. The van der Waals surface area contributed by atoms with E-state index in [1.165, 1.54) is 23.1 Å². The smallest absolute Gasteiger partial charge is 0.387 e. The molecule has 2 aliphatic rings. The van der Waals surface area contributed by atoms with E-state index in [2.05, 4.69) is 15.4 Å². The van der Waals surface area contributed by atoms with E-state index in [9.17, 15) is 18.4 Å². The average Bonchev–Trinajstić information content (AvgIpc) is 3.47. The van der Waals surface area contributed by atoms with Crippen LogP contribution in [0.15, 0.2) is 18.2 Å². The second-order valence-electron chi connectivity index (χ2n) is 6.79. The molecule has 154 valence electrons. The van der Waals surface area contributed by atoms with E-state index >= 15 is 0 Å². The number of rotatable bonds is 9. The van der Waals surface area contributed by atoms with Crippen LogP contribution in [0, 0.1) is 5.92 Å². The molecule has 2 fully saturated rings. The zero-order chi connectivity index (χ0) is 20.1. The molecule has 1 aromatic carbocycles. The highest BCUT2D eigenvalue weighted by atomic mass is 19.3. The first-order chi connectivity index (χ1) is 13.5. The number of benzene rings is 1. The maximum Gasteiger partial charge on any atom is 0.387 e. The molecule has 2 amide bonds. The normalized spacial score (nSPS) is 18.3. The first kappa shape index (κ1) is 20.4. The van der Waals surface area contributed by atoms with Crippen molar-refractivity contribution >= 4 is 23.2 Å². The van der Waals surface area contributed by atoms with Crippen LogP contribution in [0.4, 0.5) is 20.2 Å². The third-order valence-electron chi connectivity index (χ3n) is 4.62. The second kappa shape index (κ2) is 9.26. The molecule has 0 radical (unpaired) electrons. The summed E-state index contributed by atoms with van der Waals surface area (Å²) in [7, 11) is 0. The second-order valence-corrected chi connectivity index (χ2v) is 6.79. The lowest BCUT2D eigenvalue weighted by atomic mass is 10.2. The molecule has 3 rings (SSSR count). The number of anilines is 2. The van der Waals surface area contributed by atoms with Gasteiger partial charge in [0.05, 0.1) is 18.3 Å². The maximum atomic E-state index is 12.9. The van der Waals surface area contributed by atoms with Crippen LogP contribution >= 0.6 is 0 Å². The number of halogens is 2. The third-order valence-corrected chi connectivity index (χ3v) is 4.62. The van der Waals surface area contributed by atoms with E-state index in [1.54, 1.807) is 0 Å². The van der Waals surface area contributed by atoms with Crippen molar-refractivity contribution in [3.63, 3.8) is 0 Å². The molecule has 10 heteroatoms. The quantitative estimate of drug-likeness (QED) is 0.571. The van der Waals surface area contributed by atoms with E-state index in [-0.39, 0.29) is 48.6 Å². The molecule has 4 N–H and O–H groups in total. The Morgan fingerprint density at radius 1 is 1.39 bits per heavy atom. The Kier molecular flexibility index (Phi) is 6.76. The van der Waals surface area contributed by atoms with Crippen LogP contribution < -0.4 is 26.0 Å². The van der Waals surface area contributed by atoms with Gasteiger partial charge in [0.1, 0.15) is 6.61 Å². The van der Waals surface area contributed by atoms with E-state index in [0.29, 0.717) is 19.1 Å². The molecule has 1 aliphatic heterocycles. The number of alkyl halides is 2. The molecular formula is C18H24F2N4O4. The molecule has 28 heavy (non-hydrogen) atoms. The third kappa shape index (κ3) is 5.37. The Labute approximate surface area is 161 Å². The number of nitrogens with one attached hydrogen (secondary N) is 2. The summed E-state index contributed by atoms with van der Waals surface area (Å²) in [6, 6.07) is 3.69. The molecule has 1 heterocycles. The van der Waals surface area contributed by atoms with Crippen molar-refractivity contribution in [2.45, 2.75) is 25.5 Å². The SMILES string of the molecule is NC[C@H](NCC1CC1)C(=O)Nc1ccc(N2CCOCC2=O)c(OC(F)F)c1. The van der Waals surface area contributed by atoms with Crippen molar-refractivity contribution in [3.8, 4) is 5.75 Å². The van der Waals surface area contributed by atoms with Gasteiger partial charge >= 0.3 is 6.61 Å². The van der Waals surface area contributed by atoms with Crippen LogP contribution in [-0.4, -0.2) is 57.3 Å². The summed E-state index contributed by atoms with van der Waals surface area (Å²) in [6.07, 6.45) is 2.28. The van der Waals surface area contributed by atoms with Crippen LogP contribution in [0.3, 0.4) is 0 Å². The van der Waals surface area contributed by atoms with E-state index in [0.717, 1.165) is 12.8 Å². The largest absolute Gasteiger partial charge is 0.433 e. The lowest BCUT2D eigenvalue weighted by Crippen LogP contribution is -2.46. The standard InChI is InChI=1S/C18H24F2N4O4/c19-18(20)28-15-7-12(3-4-14(15)24-5-6-27-10-16(24)25)23-17(26)13(8-21)22-9-11-1-2-11/h3-4,7,11,13,18,22H,1-2,5-6,8-10,21H2,(H,23,26)/t13-/m0/s1. The van der Waals surface area contributed by atoms with Gasteiger partial charge in [-0.3, -0.25) is 9.59 Å². The predicted molar refractivity (Wildman–Crippen MR) is 98.4 cm³/mol. The fraction of sp³-hybridized carbons (Fsp3) is 0.556. The van der Waals surface area contributed by atoms with Crippen LogP contribution in [0.1, 0.15) is 12.8 Å². The van der Waals surface area contributed by atoms with Crippen molar-refractivity contribution in [1.29, 1.82) is 0 Å². The summed E-state index contributed by atoms with van der Waals surface area (Å²) in [5.74, 6) is -0.326. The van der Waals surface area contributed by atoms with E-state index in [4.69, 9.17) is 10.5 Å². The van der Waals surface area contributed by atoms with Gasteiger partial charge in [-0.1, -0.05) is 0 Å². The van der Waals surface area contributed by atoms with Gasteiger partial charge in [0, 0.05) is 24.8 Å². The molecule has 0 bridgehead atoms. The number of carbonyl (C=O) groups is 2. The van der Waals surface area contributed by atoms with Crippen molar-refractivity contribution in [2.24, 2.45) is 11.7 Å². The molecular weight excluding hydrogens is 374 g/mol. The van der Waals surface area contributed by atoms with Gasteiger partial charge in [-0.05, 0) is 37.4 Å². The number of morpholine rings is 1. The van der Waals surface area contributed by atoms with Crippen LogP contribution in [0.25, 0.3) is 0 Å². The molecule has 1 saturated carbocycles. The molecule has 8 nitrogen and oxygen atoms in total. The van der Waals surface area contributed by atoms with Crippen LogP contribution in [0.2, 0.25) is 0 Å². The molecule has 1 atom stereocenters. The Morgan fingerprint density at radius 3 is 2.82 bits per heavy atom. The van der Waals surface area contributed by atoms with Crippen molar-refractivity contribution in [2.75, 3.05) is 43.1 Å². The molecule has 0 unspecified atom stereocenters. The van der Waals surface area contributed by atoms with Gasteiger partial charge < -0.3 is 30.7 Å². The molecule has 1 aliphatic carbocycles. The number of carbonyl (C=O) groups excluding carboxylic acids is 2. The lowest BCUT2D eigenvalue weighted by molar-refractivity contribution is -0.125. The monoisotopic (exact) mass is 398 g/mol. The van der Waals surface area contributed by atoms with Crippen LogP contribution in [0.5, 0.6) is 5.75 Å². The number of nitrogens with zero attached hydrogens (tertiary/aromatic N) is 1. The lowest BCUT2D eigenvalue weighted by Gasteiger charge is -2.28. The summed E-state index contributed by atoms with van der Waals surface area (Å²) in [5.41, 5.74) is 6.14. The highest BCUT2D eigenvalue weighted by molar-refractivity contribution is 5.98. The number of hydrogen-bond acceptors (Lipinski definition) is 6. The van der Waals surface area contributed by atoms with Crippen molar-refractivity contribution in [1.82, 2.24) is 5.32 Å². The molecule has 0 spiro atoms. The van der Waals surface area contributed by atoms with E-state index < -0.39 is 12.7 Å². The topological polar surface area (TPSA) is 106 Å². The Bertz CT molecular complexity index is 715. The number of ether oxygens (including phenoxy) is 2. The number of amides is 2. The summed E-state index contributed by atoms with van der Waals surface area (Å²) in [4.78, 5) is 25.8. The van der Waals surface area contributed by atoms with Gasteiger partial charge in [0.2, 0.25) is 5.91 Å². The summed E-state index contributed by atoms with van der Waals surface area (Å²) in [5, 5.41) is 5.77. The highest BCUT2D eigenvalue weighted by Crippen LogP contribution is 2.33. The fourth-order valence-corrected chi connectivity index (χ4v) is 2.92.